The standard InChI is InChI=1S/C32H20N4.2ClH/c33-21-25-9-11-31(29-7-3-1-5-27(25)29)35-17-13-23(14-18-35)24-15-19-36(20-16-24)32-12-10-26(22-34)28-6-2-4-8-30(28)32;;/h1-20H;2*1H/q+2;;/p-2. The molecule has 0 aliphatic heterocycles. The summed E-state index contributed by atoms with van der Waals surface area (Å²) >= 11 is 0. The van der Waals surface area contributed by atoms with Crippen LogP contribution in [-0.2, 0) is 0 Å². The molecular weight excluding hydrogens is 511 g/mol. The monoisotopic (exact) mass is 530 g/mol. The first kappa shape index (κ1) is 26.3. The molecule has 38 heavy (non-hydrogen) atoms. The van der Waals surface area contributed by atoms with E-state index in [0.29, 0.717) is 11.1 Å². The molecule has 0 aliphatic carbocycles. The number of nitriles is 2. The van der Waals surface area contributed by atoms with Crippen LogP contribution < -0.4 is 33.9 Å². The number of pyridine rings is 2. The number of hydrogen-bond acceptors (Lipinski definition) is 2. The average Bonchev–Trinajstić information content (AvgIpc) is 2.96. The number of halogens is 2. The number of rotatable bonds is 3. The van der Waals surface area contributed by atoms with Gasteiger partial charge in [0, 0.05) is 47.2 Å². The summed E-state index contributed by atoms with van der Waals surface area (Å²) < 4.78 is 4.16. The zero-order valence-electron chi connectivity index (χ0n) is 20.1. The Morgan fingerprint density at radius 2 is 0.763 bits per heavy atom. The number of aromatic nitrogens is 2. The predicted octanol–water partition coefficient (Wildman–Crippen LogP) is -0.0352. The second-order valence-corrected chi connectivity index (χ2v) is 8.57. The second-order valence-electron chi connectivity index (χ2n) is 8.57. The van der Waals surface area contributed by atoms with Gasteiger partial charge in [0.1, 0.15) is 0 Å². The number of hydrogen-bond donors (Lipinski definition) is 0. The second kappa shape index (κ2) is 11.1. The van der Waals surface area contributed by atoms with Crippen LogP contribution in [-0.4, -0.2) is 0 Å². The van der Waals surface area contributed by atoms with E-state index in [1.54, 1.807) is 0 Å². The van der Waals surface area contributed by atoms with Crippen LogP contribution in [0.5, 0.6) is 0 Å². The lowest BCUT2D eigenvalue weighted by Crippen LogP contribution is -3.00. The Labute approximate surface area is 233 Å². The maximum Gasteiger partial charge on any atom is 0.218 e. The van der Waals surface area contributed by atoms with Crippen molar-refractivity contribution in [1.29, 1.82) is 10.5 Å². The molecule has 0 atom stereocenters. The molecule has 0 bridgehead atoms. The first-order valence-electron chi connectivity index (χ1n) is 11.6. The molecule has 0 saturated carbocycles. The van der Waals surface area contributed by atoms with Crippen LogP contribution in [0, 0.1) is 22.7 Å². The third-order valence-corrected chi connectivity index (χ3v) is 6.59. The minimum atomic E-state index is 0. The minimum Gasteiger partial charge on any atom is -1.00 e. The fraction of sp³-hybridized carbons (Fsp3) is 0. The summed E-state index contributed by atoms with van der Waals surface area (Å²) in [6, 6.07) is 36.7. The number of fused-ring (bicyclic) bond motifs is 2. The summed E-state index contributed by atoms with van der Waals surface area (Å²) in [4.78, 5) is 0. The molecule has 0 unspecified atom stereocenters. The number of nitrogens with zero attached hydrogens (tertiary/aromatic N) is 4. The molecule has 0 aliphatic rings. The highest BCUT2D eigenvalue weighted by atomic mass is 35.5. The SMILES string of the molecule is N#Cc1ccc(-[n+]2ccc(-c3cc[n+](-c4ccc(C#N)c5ccccc45)cc3)cc2)c2ccccc12.[Cl-].[Cl-]. The smallest absolute Gasteiger partial charge is 0.218 e. The molecule has 2 aromatic heterocycles. The normalized spacial score (nSPS) is 10.2. The van der Waals surface area contributed by atoms with Crippen LogP contribution in [0.4, 0.5) is 0 Å². The van der Waals surface area contributed by atoms with E-state index in [9.17, 15) is 10.5 Å². The van der Waals surface area contributed by atoms with Gasteiger partial charge >= 0.3 is 0 Å². The minimum absolute atomic E-state index is 0. The van der Waals surface area contributed by atoms with Gasteiger partial charge in [-0.2, -0.15) is 19.7 Å². The summed E-state index contributed by atoms with van der Waals surface area (Å²) in [7, 11) is 0. The highest BCUT2D eigenvalue weighted by molar-refractivity contribution is 5.93. The van der Waals surface area contributed by atoms with Gasteiger partial charge in [-0.15, -0.1) is 0 Å². The van der Waals surface area contributed by atoms with Crippen molar-refractivity contribution >= 4 is 21.5 Å². The van der Waals surface area contributed by atoms with Crippen LogP contribution >= 0.6 is 0 Å². The van der Waals surface area contributed by atoms with Crippen molar-refractivity contribution in [3.8, 4) is 34.6 Å². The van der Waals surface area contributed by atoms with Crippen molar-refractivity contribution in [2.24, 2.45) is 0 Å². The Morgan fingerprint density at radius 1 is 0.421 bits per heavy atom. The molecule has 0 radical (unpaired) electrons. The third-order valence-electron chi connectivity index (χ3n) is 6.59. The van der Waals surface area contributed by atoms with Crippen LogP contribution in [0.1, 0.15) is 11.1 Å². The van der Waals surface area contributed by atoms with Gasteiger partial charge in [0.25, 0.3) is 0 Å². The van der Waals surface area contributed by atoms with E-state index in [4.69, 9.17) is 0 Å². The summed E-state index contributed by atoms with van der Waals surface area (Å²) in [6.45, 7) is 0. The summed E-state index contributed by atoms with van der Waals surface area (Å²) in [5.41, 5.74) is 5.66. The number of benzene rings is 4. The van der Waals surface area contributed by atoms with Crippen molar-refractivity contribution < 1.29 is 33.9 Å². The summed E-state index contributed by atoms with van der Waals surface area (Å²) in [6.07, 6.45) is 8.22. The van der Waals surface area contributed by atoms with Crippen molar-refractivity contribution in [1.82, 2.24) is 0 Å². The Hall–Kier alpha value is -4.74. The van der Waals surface area contributed by atoms with E-state index >= 15 is 0 Å². The fourth-order valence-electron chi connectivity index (χ4n) is 4.77. The molecule has 6 rings (SSSR count). The van der Waals surface area contributed by atoms with Gasteiger partial charge in [-0.05, 0) is 35.4 Å². The van der Waals surface area contributed by atoms with Crippen LogP contribution in [0.3, 0.4) is 0 Å². The van der Waals surface area contributed by atoms with Crippen LogP contribution in [0.25, 0.3) is 44.0 Å². The van der Waals surface area contributed by atoms with Crippen LogP contribution in [0.15, 0.2) is 122 Å². The molecule has 2 heterocycles. The van der Waals surface area contributed by atoms with E-state index in [1.165, 1.54) is 0 Å². The predicted molar refractivity (Wildman–Crippen MR) is 139 cm³/mol. The molecule has 6 heteroatoms. The molecule has 0 amide bonds. The lowest BCUT2D eigenvalue weighted by atomic mass is 10.0. The van der Waals surface area contributed by atoms with Crippen LogP contribution in [0.2, 0.25) is 0 Å². The van der Waals surface area contributed by atoms with Crippen molar-refractivity contribution in [3.63, 3.8) is 0 Å². The quantitative estimate of drug-likeness (QED) is 0.301. The largest absolute Gasteiger partial charge is 1.00 e. The zero-order valence-corrected chi connectivity index (χ0v) is 21.6. The zero-order chi connectivity index (χ0) is 24.5. The molecule has 0 fully saturated rings. The van der Waals surface area contributed by atoms with Gasteiger partial charge in [-0.3, -0.25) is 0 Å². The average molecular weight is 531 g/mol. The van der Waals surface area contributed by atoms with Crippen molar-refractivity contribution in [2.45, 2.75) is 0 Å². The van der Waals surface area contributed by atoms with Gasteiger partial charge in [-0.25, -0.2) is 0 Å². The first-order chi connectivity index (χ1) is 17.8. The van der Waals surface area contributed by atoms with E-state index < -0.39 is 0 Å². The van der Waals surface area contributed by atoms with E-state index in [2.05, 4.69) is 82.5 Å². The first-order valence-corrected chi connectivity index (χ1v) is 11.6. The highest BCUT2D eigenvalue weighted by Crippen LogP contribution is 2.25. The van der Waals surface area contributed by atoms with E-state index in [1.807, 2.05) is 60.7 Å². The molecule has 0 N–H and O–H groups in total. The van der Waals surface area contributed by atoms with E-state index in [0.717, 1.165) is 44.0 Å². The third kappa shape index (κ3) is 4.56. The summed E-state index contributed by atoms with van der Waals surface area (Å²) in [5, 5.41) is 22.9. The topological polar surface area (TPSA) is 55.3 Å². The Balaban J connectivity index is 0.00000168. The Kier molecular flexibility index (Phi) is 7.70. The Morgan fingerprint density at radius 3 is 1.11 bits per heavy atom. The van der Waals surface area contributed by atoms with Crippen molar-refractivity contribution in [2.75, 3.05) is 0 Å². The molecule has 182 valence electrons. The van der Waals surface area contributed by atoms with Gasteiger partial charge in [0.05, 0.1) is 34.0 Å². The molecule has 4 aromatic carbocycles. The lowest BCUT2D eigenvalue weighted by molar-refractivity contribution is -0.594. The maximum atomic E-state index is 9.46. The van der Waals surface area contributed by atoms with Gasteiger partial charge in [0.2, 0.25) is 11.4 Å². The fourth-order valence-corrected chi connectivity index (χ4v) is 4.77. The van der Waals surface area contributed by atoms with Gasteiger partial charge in [-0.1, -0.05) is 36.4 Å². The molecular formula is C32H20Cl2N4. The van der Waals surface area contributed by atoms with Crippen molar-refractivity contribution in [3.05, 3.63) is 133 Å². The molecule has 6 aromatic rings. The van der Waals surface area contributed by atoms with E-state index in [-0.39, 0.29) is 24.8 Å². The maximum absolute atomic E-state index is 9.46. The molecule has 4 nitrogen and oxygen atoms in total. The van der Waals surface area contributed by atoms with Gasteiger partial charge < -0.3 is 24.8 Å². The summed E-state index contributed by atoms with van der Waals surface area (Å²) in [5.74, 6) is 0. The molecule has 0 spiro atoms. The molecule has 0 saturated heterocycles. The van der Waals surface area contributed by atoms with Gasteiger partial charge in [0.15, 0.2) is 24.8 Å². The lowest BCUT2D eigenvalue weighted by Gasteiger charge is -2.06. The highest BCUT2D eigenvalue weighted by Gasteiger charge is 2.16. The Bertz CT molecular complexity index is 1710.